The van der Waals surface area contributed by atoms with Crippen molar-refractivity contribution in [2.75, 3.05) is 11.9 Å². The number of unbranched alkanes of at least 4 members (excludes halogenated alkanes) is 1. The number of carbonyl (C=O) groups excluding carboxylic acids is 1. The second-order valence-corrected chi connectivity index (χ2v) is 7.09. The van der Waals surface area contributed by atoms with Gasteiger partial charge in [0.05, 0.1) is 16.8 Å². The Morgan fingerprint density at radius 3 is 2.88 bits per heavy atom. The molecule has 1 heterocycles. The Morgan fingerprint density at radius 1 is 1.24 bits per heavy atom. The van der Waals surface area contributed by atoms with Gasteiger partial charge < -0.3 is 4.74 Å². The van der Waals surface area contributed by atoms with Gasteiger partial charge in [-0.25, -0.2) is 4.98 Å². The second kappa shape index (κ2) is 7.66. The minimum absolute atomic E-state index is 0.172. The lowest BCUT2D eigenvalue weighted by molar-refractivity contribution is 0.102. The van der Waals surface area contributed by atoms with Gasteiger partial charge in [0.15, 0.2) is 5.13 Å². The first-order valence-corrected chi connectivity index (χ1v) is 9.31. The van der Waals surface area contributed by atoms with E-state index in [1.807, 2.05) is 18.2 Å². The van der Waals surface area contributed by atoms with Crippen LogP contribution in [0.25, 0.3) is 10.2 Å². The van der Waals surface area contributed by atoms with E-state index in [1.54, 1.807) is 12.1 Å². The molecular formula is C20H22N2O2S. The lowest BCUT2D eigenvalue weighted by Gasteiger charge is -2.07. The molecule has 0 fully saturated rings. The van der Waals surface area contributed by atoms with Crippen molar-refractivity contribution in [3.63, 3.8) is 0 Å². The zero-order chi connectivity index (χ0) is 17.8. The van der Waals surface area contributed by atoms with Crippen LogP contribution < -0.4 is 10.1 Å². The Balaban J connectivity index is 1.76. The molecule has 1 amide bonds. The van der Waals surface area contributed by atoms with Crippen molar-refractivity contribution in [1.29, 1.82) is 0 Å². The number of aromatic nitrogens is 1. The van der Waals surface area contributed by atoms with Crippen LogP contribution in [-0.2, 0) is 0 Å². The number of carbonyl (C=O) groups is 1. The van der Waals surface area contributed by atoms with Gasteiger partial charge in [0, 0.05) is 5.56 Å². The van der Waals surface area contributed by atoms with E-state index >= 15 is 0 Å². The number of nitrogens with zero attached hydrogens (tertiary/aromatic N) is 1. The van der Waals surface area contributed by atoms with E-state index < -0.39 is 0 Å². The second-order valence-electron chi connectivity index (χ2n) is 6.06. The van der Waals surface area contributed by atoms with Gasteiger partial charge in [-0.2, -0.15) is 0 Å². The first-order chi connectivity index (χ1) is 12.1. The summed E-state index contributed by atoms with van der Waals surface area (Å²) in [6, 6.07) is 11.4. The van der Waals surface area contributed by atoms with Crippen molar-refractivity contribution < 1.29 is 9.53 Å². The van der Waals surface area contributed by atoms with E-state index in [9.17, 15) is 4.79 Å². The molecule has 0 spiro atoms. The van der Waals surface area contributed by atoms with Gasteiger partial charge in [-0.1, -0.05) is 36.8 Å². The van der Waals surface area contributed by atoms with Crippen molar-refractivity contribution >= 4 is 32.6 Å². The third-order valence-electron chi connectivity index (χ3n) is 4.17. The highest BCUT2D eigenvalue weighted by Crippen LogP contribution is 2.30. The number of ether oxygens (including phenoxy) is 1. The van der Waals surface area contributed by atoms with E-state index in [1.165, 1.54) is 16.9 Å². The molecule has 0 aliphatic rings. The van der Waals surface area contributed by atoms with E-state index in [0.29, 0.717) is 17.3 Å². The molecule has 130 valence electrons. The first-order valence-electron chi connectivity index (χ1n) is 8.49. The molecule has 0 bridgehead atoms. The first kappa shape index (κ1) is 17.4. The van der Waals surface area contributed by atoms with Gasteiger partial charge in [0.25, 0.3) is 5.91 Å². The summed E-state index contributed by atoms with van der Waals surface area (Å²) >= 11 is 1.49. The van der Waals surface area contributed by atoms with Crippen LogP contribution in [0.4, 0.5) is 5.13 Å². The molecular weight excluding hydrogens is 332 g/mol. The van der Waals surface area contributed by atoms with Gasteiger partial charge in [-0.3, -0.25) is 10.1 Å². The van der Waals surface area contributed by atoms with E-state index in [-0.39, 0.29) is 5.91 Å². The zero-order valence-corrected chi connectivity index (χ0v) is 15.6. The predicted octanol–water partition coefficient (Wildman–Crippen LogP) is 5.34. The molecule has 0 radical (unpaired) electrons. The van der Waals surface area contributed by atoms with Crippen molar-refractivity contribution in [1.82, 2.24) is 4.98 Å². The fraction of sp³-hybridized carbons (Fsp3) is 0.300. The Bertz CT molecular complexity index is 902. The molecule has 3 aromatic rings. The quantitative estimate of drug-likeness (QED) is 0.608. The summed E-state index contributed by atoms with van der Waals surface area (Å²) in [7, 11) is 0. The normalized spacial score (nSPS) is 10.8. The van der Waals surface area contributed by atoms with Gasteiger partial charge in [-0.15, -0.1) is 0 Å². The Hall–Kier alpha value is -2.40. The number of hydrogen-bond acceptors (Lipinski definition) is 4. The lowest BCUT2D eigenvalue weighted by atomic mass is 10.1. The summed E-state index contributed by atoms with van der Waals surface area (Å²) < 4.78 is 6.75. The van der Waals surface area contributed by atoms with E-state index in [2.05, 4.69) is 37.1 Å². The molecule has 2 aromatic carbocycles. The monoisotopic (exact) mass is 354 g/mol. The van der Waals surface area contributed by atoms with Crippen LogP contribution in [0.3, 0.4) is 0 Å². The SMILES string of the molecule is CCCCOc1cccc(C(=O)Nc2nc3c(C)c(C)ccc3s2)c1. The minimum Gasteiger partial charge on any atom is -0.494 e. The average Bonchev–Trinajstić information content (AvgIpc) is 3.02. The number of anilines is 1. The molecule has 0 atom stereocenters. The number of aryl methyl sites for hydroxylation is 2. The Labute approximate surface area is 151 Å². The molecule has 3 rings (SSSR count). The molecule has 0 unspecified atom stereocenters. The van der Waals surface area contributed by atoms with Crippen LogP contribution >= 0.6 is 11.3 Å². The summed E-state index contributed by atoms with van der Waals surface area (Å²) in [6.07, 6.45) is 2.08. The molecule has 0 saturated heterocycles. The van der Waals surface area contributed by atoms with Gasteiger partial charge in [-0.05, 0) is 55.7 Å². The maximum Gasteiger partial charge on any atom is 0.257 e. The molecule has 4 nitrogen and oxygen atoms in total. The molecule has 1 N–H and O–H groups in total. The van der Waals surface area contributed by atoms with Crippen molar-refractivity contribution in [3.05, 3.63) is 53.1 Å². The van der Waals surface area contributed by atoms with Gasteiger partial charge >= 0.3 is 0 Å². The molecule has 0 aliphatic carbocycles. The fourth-order valence-corrected chi connectivity index (χ4v) is 3.43. The van der Waals surface area contributed by atoms with E-state index in [0.717, 1.165) is 34.4 Å². The predicted molar refractivity (Wildman–Crippen MR) is 104 cm³/mol. The van der Waals surface area contributed by atoms with Crippen LogP contribution in [0, 0.1) is 13.8 Å². The lowest BCUT2D eigenvalue weighted by Crippen LogP contribution is -2.11. The van der Waals surface area contributed by atoms with Crippen LogP contribution in [0.15, 0.2) is 36.4 Å². The summed E-state index contributed by atoms with van der Waals surface area (Å²) in [5.41, 5.74) is 3.88. The number of nitrogens with one attached hydrogen (secondary N) is 1. The minimum atomic E-state index is -0.172. The smallest absolute Gasteiger partial charge is 0.257 e. The maximum absolute atomic E-state index is 12.5. The van der Waals surface area contributed by atoms with Gasteiger partial charge in [0.1, 0.15) is 5.75 Å². The fourth-order valence-electron chi connectivity index (χ4n) is 2.51. The number of fused-ring (bicyclic) bond motifs is 1. The van der Waals surface area contributed by atoms with Crippen LogP contribution in [-0.4, -0.2) is 17.5 Å². The number of thiazole rings is 1. The summed E-state index contributed by atoms with van der Waals surface area (Å²) in [6.45, 7) is 6.91. The van der Waals surface area contributed by atoms with Crippen LogP contribution in [0.2, 0.25) is 0 Å². The molecule has 25 heavy (non-hydrogen) atoms. The third kappa shape index (κ3) is 3.99. The average molecular weight is 354 g/mol. The Morgan fingerprint density at radius 2 is 2.08 bits per heavy atom. The molecule has 0 aliphatic heterocycles. The summed E-state index contributed by atoms with van der Waals surface area (Å²) in [5.74, 6) is 0.547. The molecule has 5 heteroatoms. The summed E-state index contributed by atoms with van der Waals surface area (Å²) in [4.78, 5) is 17.1. The Kier molecular flexibility index (Phi) is 5.34. The number of amides is 1. The highest BCUT2D eigenvalue weighted by atomic mass is 32.1. The van der Waals surface area contributed by atoms with Crippen LogP contribution in [0.5, 0.6) is 5.75 Å². The van der Waals surface area contributed by atoms with Crippen LogP contribution in [0.1, 0.15) is 41.3 Å². The standard InChI is InChI=1S/C20H22N2O2S/c1-4-5-11-24-16-8-6-7-15(12-16)19(23)22-20-21-18-14(3)13(2)9-10-17(18)25-20/h6-10,12H,4-5,11H2,1-3H3,(H,21,22,23). The third-order valence-corrected chi connectivity index (χ3v) is 5.10. The van der Waals surface area contributed by atoms with E-state index in [4.69, 9.17) is 4.74 Å². The highest BCUT2D eigenvalue weighted by molar-refractivity contribution is 7.22. The van der Waals surface area contributed by atoms with Gasteiger partial charge in [0.2, 0.25) is 0 Å². The van der Waals surface area contributed by atoms with Crippen molar-refractivity contribution in [3.8, 4) is 5.75 Å². The van der Waals surface area contributed by atoms with Crippen molar-refractivity contribution in [2.45, 2.75) is 33.6 Å². The highest BCUT2D eigenvalue weighted by Gasteiger charge is 2.12. The van der Waals surface area contributed by atoms with Crippen molar-refractivity contribution in [2.24, 2.45) is 0 Å². The topological polar surface area (TPSA) is 51.2 Å². The molecule has 1 aromatic heterocycles. The number of rotatable bonds is 6. The zero-order valence-electron chi connectivity index (χ0n) is 14.8. The number of benzene rings is 2. The largest absolute Gasteiger partial charge is 0.494 e. The maximum atomic E-state index is 12.5. The summed E-state index contributed by atoms with van der Waals surface area (Å²) in [5, 5.41) is 3.52. The number of hydrogen-bond donors (Lipinski definition) is 1. The molecule has 0 saturated carbocycles.